The first kappa shape index (κ1) is 22.8. The molecule has 33 heavy (non-hydrogen) atoms. The van der Waals surface area contributed by atoms with Gasteiger partial charge in [0.05, 0.1) is 24.1 Å². The number of benzene rings is 2. The summed E-state index contributed by atoms with van der Waals surface area (Å²) in [5.74, 6) is -0.672. The molecular weight excluding hydrogens is 437 g/mol. The van der Waals surface area contributed by atoms with E-state index >= 15 is 0 Å². The molecule has 0 fully saturated rings. The average molecular weight is 460 g/mol. The van der Waals surface area contributed by atoms with Crippen LogP contribution in [0.1, 0.15) is 30.0 Å². The predicted molar refractivity (Wildman–Crippen MR) is 117 cm³/mol. The first-order chi connectivity index (χ1) is 15.7. The molecule has 0 radical (unpaired) electrons. The van der Waals surface area contributed by atoms with Gasteiger partial charge in [-0.3, -0.25) is 19.0 Å². The standard InChI is InChI=1S/C24H23F3N2O4/c1-13-4-6-22(33-24(26)27)16(8-13)11-29-20-10-17(15-5-7-21(14(2)30)32-12-15)19(25)9-18(20)23(31)28(29)3/h4-6,8-10,21,24H,7,11-12H2,1-3H3. The van der Waals surface area contributed by atoms with Crippen molar-refractivity contribution in [2.45, 2.75) is 39.5 Å². The smallest absolute Gasteiger partial charge is 0.387 e. The summed E-state index contributed by atoms with van der Waals surface area (Å²) in [6, 6.07) is 7.55. The van der Waals surface area contributed by atoms with Crippen LogP contribution in [0.2, 0.25) is 0 Å². The number of rotatable bonds is 6. The molecule has 1 unspecified atom stereocenters. The lowest BCUT2D eigenvalue weighted by molar-refractivity contribution is -0.127. The number of aryl methyl sites for hydroxylation is 1. The molecule has 0 saturated heterocycles. The zero-order valence-electron chi connectivity index (χ0n) is 18.4. The quantitative estimate of drug-likeness (QED) is 0.553. The highest BCUT2D eigenvalue weighted by atomic mass is 19.3. The maximum atomic E-state index is 14.9. The zero-order chi connectivity index (χ0) is 23.9. The zero-order valence-corrected chi connectivity index (χ0v) is 18.4. The Labute approximate surface area is 187 Å². The number of hydrogen-bond acceptors (Lipinski definition) is 4. The first-order valence-corrected chi connectivity index (χ1v) is 10.4. The minimum atomic E-state index is -2.99. The molecule has 0 N–H and O–H groups in total. The summed E-state index contributed by atoms with van der Waals surface area (Å²) in [6.45, 7) is 0.394. The van der Waals surface area contributed by atoms with Crippen molar-refractivity contribution in [3.63, 3.8) is 0 Å². The van der Waals surface area contributed by atoms with E-state index < -0.39 is 24.1 Å². The Morgan fingerprint density at radius 3 is 2.67 bits per heavy atom. The molecule has 2 heterocycles. The third-order valence-electron chi connectivity index (χ3n) is 5.82. The lowest BCUT2D eigenvalue weighted by Gasteiger charge is -2.21. The van der Waals surface area contributed by atoms with E-state index in [9.17, 15) is 22.8 Å². The summed E-state index contributed by atoms with van der Waals surface area (Å²) < 4.78 is 53.8. The van der Waals surface area contributed by atoms with Gasteiger partial charge >= 0.3 is 6.61 Å². The van der Waals surface area contributed by atoms with Crippen molar-refractivity contribution < 1.29 is 27.4 Å². The molecule has 1 aliphatic heterocycles. The molecule has 0 spiro atoms. The maximum Gasteiger partial charge on any atom is 0.387 e. The summed E-state index contributed by atoms with van der Waals surface area (Å²) in [5.41, 5.74) is 2.16. The summed E-state index contributed by atoms with van der Waals surface area (Å²) >= 11 is 0. The molecule has 0 amide bonds. The molecule has 4 rings (SSSR count). The van der Waals surface area contributed by atoms with Crippen LogP contribution < -0.4 is 10.3 Å². The number of halogens is 3. The molecule has 0 saturated carbocycles. The monoisotopic (exact) mass is 460 g/mol. The average Bonchev–Trinajstić information content (AvgIpc) is 2.99. The van der Waals surface area contributed by atoms with Crippen molar-refractivity contribution in [2.75, 3.05) is 6.61 Å². The van der Waals surface area contributed by atoms with Crippen LogP contribution in [0.15, 0.2) is 41.2 Å². The Balaban J connectivity index is 1.80. The lowest BCUT2D eigenvalue weighted by atomic mass is 9.99. The molecule has 0 bridgehead atoms. The van der Waals surface area contributed by atoms with Gasteiger partial charge in [0.15, 0.2) is 5.78 Å². The molecule has 1 atom stereocenters. The first-order valence-electron chi connectivity index (χ1n) is 10.4. The fraction of sp³-hybridized carbons (Fsp3) is 0.333. The van der Waals surface area contributed by atoms with E-state index in [2.05, 4.69) is 4.74 Å². The number of ether oxygens (including phenoxy) is 2. The van der Waals surface area contributed by atoms with Crippen molar-refractivity contribution in [2.24, 2.45) is 7.05 Å². The highest BCUT2D eigenvalue weighted by Crippen LogP contribution is 2.29. The molecular formula is C24H23F3N2O4. The molecule has 3 aromatic rings. The molecule has 174 valence electrons. The van der Waals surface area contributed by atoms with Crippen LogP contribution in [0.4, 0.5) is 13.2 Å². The summed E-state index contributed by atoms with van der Waals surface area (Å²) in [5, 5.41) is 0.168. The minimum Gasteiger partial charge on any atom is -0.434 e. The largest absolute Gasteiger partial charge is 0.434 e. The third kappa shape index (κ3) is 4.45. The molecule has 2 aromatic carbocycles. The van der Waals surface area contributed by atoms with Gasteiger partial charge in [-0.05, 0) is 44.0 Å². The fourth-order valence-corrected chi connectivity index (χ4v) is 4.07. The summed E-state index contributed by atoms with van der Waals surface area (Å²) in [6.07, 6.45) is 1.55. The highest BCUT2D eigenvalue weighted by Gasteiger charge is 2.23. The summed E-state index contributed by atoms with van der Waals surface area (Å²) in [7, 11) is 1.53. The van der Waals surface area contributed by atoms with Crippen LogP contribution in [0, 0.1) is 12.7 Å². The molecule has 1 aliphatic rings. The Hall–Kier alpha value is -3.33. The Morgan fingerprint density at radius 2 is 2.03 bits per heavy atom. The van der Waals surface area contributed by atoms with E-state index in [-0.39, 0.29) is 35.6 Å². The SMILES string of the molecule is CC(=O)C1CC=C(c2cc3c(cc2F)c(=O)n(C)n3Cc2cc(C)ccc2OC(F)F)CO1. The number of carbonyl (C=O) groups is 1. The van der Waals surface area contributed by atoms with E-state index in [4.69, 9.17) is 4.74 Å². The Morgan fingerprint density at radius 1 is 1.27 bits per heavy atom. The van der Waals surface area contributed by atoms with Crippen LogP contribution in [-0.2, 0) is 23.1 Å². The Kier molecular flexibility index (Phi) is 6.16. The van der Waals surface area contributed by atoms with Gasteiger partial charge in [0, 0.05) is 18.2 Å². The number of alkyl halides is 2. The van der Waals surface area contributed by atoms with Gasteiger partial charge in [-0.2, -0.15) is 8.78 Å². The van der Waals surface area contributed by atoms with Gasteiger partial charge in [-0.1, -0.05) is 23.8 Å². The number of hydrogen-bond donors (Lipinski definition) is 0. The number of Topliss-reactive ketones (excluding diaryl/α,β-unsaturated/α-hetero) is 1. The minimum absolute atomic E-state index is 0.00546. The number of carbonyl (C=O) groups excluding carboxylic acids is 1. The number of fused-ring (bicyclic) bond motifs is 1. The topological polar surface area (TPSA) is 62.5 Å². The van der Waals surface area contributed by atoms with Crippen LogP contribution in [0.5, 0.6) is 5.75 Å². The van der Waals surface area contributed by atoms with Crippen LogP contribution in [0.25, 0.3) is 16.5 Å². The predicted octanol–water partition coefficient (Wildman–Crippen LogP) is 4.20. The van der Waals surface area contributed by atoms with E-state index in [0.29, 0.717) is 23.1 Å². The normalized spacial score (nSPS) is 16.3. The van der Waals surface area contributed by atoms with E-state index in [0.717, 1.165) is 5.56 Å². The van der Waals surface area contributed by atoms with Crippen molar-refractivity contribution >= 4 is 22.3 Å². The molecule has 9 heteroatoms. The van der Waals surface area contributed by atoms with Gasteiger partial charge < -0.3 is 9.47 Å². The highest BCUT2D eigenvalue weighted by molar-refractivity contribution is 5.85. The maximum absolute atomic E-state index is 14.9. The molecule has 1 aromatic heterocycles. The summed E-state index contributed by atoms with van der Waals surface area (Å²) in [4.78, 5) is 24.3. The number of nitrogens with zero attached hydrogens (tertiary/aromatic N) is 2. The second-order valence-electron chi connectivity index (χ2n) is 8.10. The van der Waals surface area contributed by atoms with Crippen molar-refractivity contribution in [1.82, 2.24) is 9.36 Å². The van der Waals surface area contributed by atoms with Crippen molar-refractivity contribution in [1.29, 1.82) is 0 Å². The molecule has 6 nitrogen and oxygen atoms in total. The number of aromatic nitrogens is 2. The van der Waals surface area contributed by atoms with Gasteiger partial charge in [0.25, 0.3) is 5.56 Å². The van der Waals surface area contributed by atoms with Crippen LogP contribution in [0.3, 0.4) is 0 Å². The lowest BCUT2D eigenvalue weighted by Crippen LogP contribution is -2.25. The Bertz CT molecular complexity index is 1320. The van der Waals surface area contributed by atoms with Crippen molar-refractivity contribution in [3.8, 4) is 5.75 Å². The van der Waals surface area contributed by atoms with Crippen LogP contribution in [-0.4, -0.2) is 34.5 Å². The van der Waals surface area contributed by atoms with Gasteiger partial charge in [0.2, 0.25) is 0 Å². The van der Waals surface area contributed by atoms with Gasteiger partial charge in [-0.15, -0.1) is 0 Å². The van der Waals surface area contributed by atoms with Gasteiger partial charge in [0.1, 0.15) is 17.7 Å². The van der Waals surface area contributed by atoms with E-state index in [1.807, 2.05) is 6.92 Å². The fourth-order valence-electron chi connectivity index (χ4n) is 4.07. The van der Waals surface area contributed by atoms with Crippen LogP contribution >= 0.6 is 0 Å². The number of ketones is 1. The van der Waals surface area contributed by atoms with Crippen molar-refractivity contribution in [3.05, 3.63) is 69.3 Å². The second kappa shape index (κ2) is 8.90. The van der Waals surface area contributed by atoms with Gasteiger partial charge in [-0.25, -0.2) is 4.39 Å². The van der Waals surface area contributed by atoms with E-state index in [1.165, 1.54) is 30.8 Å². The van der Waals surface area contributed by atoms with E-state index in [1.54, 1.807) is 29.0 Å². The molecule has 0 aliphatic carbocycles. The second-order valence-corrected chi connectivity index (χ2v) is 8.10. The third-order valence-corrected chi connectivity index (χ3v) is 5.82.